The fraction of sp³-hybridized carbons (Fsp3) is 0.500. The van der Waals surface area contributed by atoms with Crippen molar-refractivity contribution in [1.29, 1.82) is 0 Å². The van der Waals surface area contributed by atoms with Crippen molar-refractivity contribution in [3.05, 3.63) is 10.7 Å². The molecule has 1 aromatic heterocycles. The summed E-state index contributed by atoms with van der Waals surface area (Å²) in [6, 6.07) is 0. The maximum atomic E-state index is 5.81. The number of aromatic nitrogens is 2. The van der Waals surface area contributed by atoms with Crippen LogP contribution in [0.1, 0.15) is 5.69 Å². The lowest BCUT2D eigenvalue weighted by Gasteiger charge is -1.89. The molecule has 0 saturated heterocycles. The third kappa shape index (κ3) is 0.968. The number of hydrogen-bond donors (Lipinski definition) is 0. The summed E-state index contributed by atoms with van der Waals surface area (Å²) < 4.78 is 6.56. The van der Waals surface area contributed by atoms with Crippen LogP contribution >= 0.6 is 11.6 Å². The highest BCUT2D eigenvalue weighted by Crippen LogP contribution is 2.25. The van der Waals surface area contributed by atoms with Crippen LogP contribution in [0.4, 0.5) is 0 Å². The van der Waals surface area contributed by atoms with Crippen LogP contribution < -0.4 is 4.74 Å². The van der Waals surface area contributed by atoms with Crippen LogP contribution in [0.15, 0.2) is 0 Å². The molecule has 1 rings (SSSR count). The molecule has 0 aliphatic heterocycles. The number of rotatable bonds is 1. The number of hydrogen-bond acceptors (Lipinski definition) is 2. The van der Waals surface area contributed by atoms with Crippen LogP contribution in [0.3, 0.4) is 0 Å². The first kappa shape index (κ1) is 7.41. The second kappa shape index (κ2) is 2.50. The molecule has 4 heteroatoms. The van der Waals surface area contributed by atoms with Gasteiger partial charge in [0.2, 0.25) is 0 Å². The molecule has 0 fully saturated rings. The molecular weight excluding hydrogens is 152 g/mol. The van der Waals surface area contributed by atoms with Crippen molar-refractivity contribution in [2.24, 2.45) is 7.05 Å². The Kier molecular flexibility index (Phi) is 1.85. The Bertz CT molecular complexity index is 244. The molecular formula is C6H9ClN2O. The number of halogens is 1. The SMILES string of the molecule is COc1nn(C)c(C)c1Cl. The molecule has 0 atom stereocenters. The van der Waals surface area contributed by atoms with Crippen LogP contribution in [-0.4, -0.2) is 16.9 Å². The molecule has 1 aromatic rings. The Hall–Kier alpha value is -0.700. The van der Waals surface area contributed by atoms with Gasteiger partial charge in [-0.25, -0.2) is 0 Å². The van der Waals surface area contributed by atoms with Crippen molar-refractivity contribution in [2.75, 3.05) is 7.11 Å². The van der Waals surface area contributed by atoms with Crippen molar-refractivity contribution in [1.82, 2.24) is 9.78 Å². The van der Waals surface area contributed by atoms with Crippen LogP contribution in [-0.2, 0) is 7.05 Å². The van der Waals surface area contributed by atoms with E-state index in [2.05, 4.69) is 5.10 Å². The highest BCUT2D eigenvalue weighted by Gasteiger charge is 2.09. The summed E-state index contributed by atoms with van der Waals surface area (Å²) in [4.78, 5) is 0. The fourth-order valence-electron chi connectivity index (χ4n) is 0.682. The van der Waals surface area contributed by atoms with Crippen LogP contribution in [0.2, 0.25) is 5.02 Å². The van der Waals surface area contributed by atoms with Gasteiger partial charge in [0.15, 0.2) is 0 Å². The molecule has 0 unspecified atom stereocenters. The van der Waals surface area contributed by atoms with Crippen LogP contribution in [0, 0.1) is 6.92 Å². The predicted octanol–water partition coefficient (Wildman–Crippen LogP) is 1.39. The molecule has 56 valence electrons. The molecule has 0 bridgehead atoms. The van der Waals surface area contributed by atoms with Gasteiger partial charge in [0, 0.05) is 7.05 Å². The summed E-state index contributed by atoms with van der Waals surface area (Å²) in [6.45, 7) is 1.89. The molecule has 0 aliphatic rings. The van der Waals surface area contributed by atoms with Gasteiger partial charge in [-0.3, -0.25) is 4.68 Å². The van der Waals surface area contributed by atoms with Crippen LogP contribution in [0.5, 0.6) is 5.88 Å². The van der Waals surface area contributed by atoms with E-state index in [1.54, 1.807) is 11.8 Å². The normalized spacial score (nSPS) is 10.0. The zero-order valence-electron chi connectivity index (χ0n) is 6.18. The minimum Gasteiger partial charge on any atom is -0.479 e. The van der Waals surface area contributed by atoms with E-state index in [9.17, 15) is 0 Å². The number of methoxy groups -OCH3 is 1. The largest absolute Gasteiger partial charge is 0.479 e. The highest BCUT2D eigenvalue weighted by atomic mass is 35.5. The Morgan fingerprint density at radius 2 is 2.20 bits per heavy atom. The van der Waals surface area contributed by atoms with Gasteiger partial charge in [-0.2, -0.15) is 0 Å². The third-order valence-electron chi connectivity index (χ3n) is 1.43. The average Bonchev–Trinajstić information content (AvgIpc) is 2.17. The highest BCUT2D eigenvalue weighted by molar-refractivity contribution is 6.32. The Balaban J connectivity index is 3.17. The van der Waals surface area contributed by atoms with Crippen molar-refractivity contribution in [2.45, 2.75) is 6.92 Å². The van der Waals surface area contributed by atoms with Crippen LogP contribution in [0.25, 0.3) is 0 Å². The first-order valence-electron chi connectivity index (χ1n) is 2.90. The van der Waals surface area contributed by atoms with Gasteiger partial charge in [0.1, 0.15) is 5.02 Å². The smallest absolute Gasteiger partial charge is 0.251 e. The zero-order valence-corrected chi connectivity index (χ0v) is 6.94. The minimum absolute atomic E-state index is 0.488. The van der Waals surface area contributed by atoms with E-state index in [4.69, 9.17) is 16.3 Å². The van der Waals surface area contributed by atoms with E-state index in [1.165, 1.54) is 0 Å². The van der Waals surface area contributed by atoms with Gasteiger partial charge in [-0.15, -0.1) is 5.10 Å². The molecule has 0 saturated carbocycles. The topological polar surface area (TPSA) is 27.1 Å². The number of ether oxygens (including phenoxy) is 1. The first-order valence-corrected chi connectivity index (χ1v) is 3.27. The molecule has 0 aromatic carbocycles. The van der Waals surface area contributed by atoms with Gasteiger partial charge < -0.3 is 4.74 Å². The lowest BCUT2D eigenvalue weighted by molar-refractivity contribution is 0.392. The Morgan fingerprint density at radius 1 is 1.60 bits per heavy atom. The maximum absolute atomic E-state index is 5.81. The van der Waals surface area contributed by atoms with E-state index in [-0.39, 0.29) is 0 Å². The van der Waals surface area contributed by atoms with E-state index in [0.29, 0.717) is 10.9 Å². The van der Waals surface area contributed by atoms with Gasteiger partial charge in [0.05, 0.1) is 12.8 Å². The average molecular weight is 161 g/mol. The number of aryl methyl sites for hydroxylation is 1. The molecule has 3 nitrogen and oxygen atoms in total. The maximum Gasteiger partial charge on any atom is 0.251 e. The lowest BCUT2D eigenvalue weighted by atomic mass is 10.5. The Morgan fingerprint density at radius 3 is 2.40 bits per heavy atom. The Labute approximate surface area is 64.6 Å². The standard InChI is InChI=1S/C6H9ClN2O/c1-4-5(7)6(10-3)8-9(4)2/h1-3H3. The zero-order chi connectivity index (χ0) is 7.72. The van der Waals surface area contributed by atoms with Gasteiger partial charge in [0.25, 0.3) is 5.88 Å². The molecule has 0 spiro atoms. The quantitative estimate of drug-likeness (QED) is 0.621. The predicted molar refractivity (Wildman–Crippen MR) is 39.5 cm³/mol. The third-order valence-corrected chi connectivity index (χ3v) is 1.86. The monoisotopic (exact) mass is 160 g/mol. The molecule has 0 radical (unpaired) electrons. The van der Waals surface area contributed by atoms with Crippen molar-refractivity contribution in [3.63, 3.8) is 0 Å². The molecule has 1 heterocycles. The van der Waals surface area contributed by atoms with Crippen molar-refractivity contribution in [3.8, 4) is 5.88 Å². The van der Waals surface area contributed by atoms with E-state index in [1.807, 2.05) is 14.0 Å². The van der Waals surface area contributed by atoms with E-state index in [0.717, 1.165) is 5.69 Å². The molecule has 0 aliphatic carbocycles. The second-order valence-corrected chi connectivity index (χ2v) is 2.41. The summed E-state index contributed by atoms with van der Waals surface area (Å²) in [5.41, 5.74) is 0.915. The summed E-state index contributed by atoms with van der Waals surface area (Å²) in [5, 5.41) is 4.58. The minimum atomic E-state index is 0.488. The van der Waals surface area contributed by atoms with Crippen molar-refractivity contribution >= 4 is 11.6 Å². The van der Waals surface area contributed by atoms with E-state index >= 15 is 0 Å². The first-order chi connectivity index (χ1) is 4.66. The molecule has 0 amide bonds. The second-order valence-electron chi connectivity index (χ2n) is 2.03. The van der Waals surface area contributed by atoms with Gasteiger partial charge >= 0.3 is 0 Å². The fourth-order valence-corrected chi connectivity index (χ4v) is 0.920. The van der Waals surface area contributed by atoms with Crippen molar-refractivity contribution < 1.29 is 4.74 Å². The summed E-state index contributed by atoms with van der Waals surface area (Å²) in [5.74, 6) is 0.488. The number of nitrogens with zero attached hydrogens (tertiary/aromatic N) is 2. The summed E-state index contributed by atoms with van der Waals surface area (Å²) >= 11 is 5.81. The van der Waals surface area contributed by atoms with Gasteiger partial charge in [-0.05, 0) is 6.92 Å². The molecule has 10 heavy (non-hydrogen) atoms. The lowest BCUT2D eigenvalue weighted by Crippen LogP contribution is -1.92. The summed E-state index contributed by atoms with van der Waals surface area (Å²) in [6.07, 6.45) is 0. The summed E-state index contributed by atoms with van der Waals surface area (Å²) in [7, 11) is 3.37. The molecule has 0 N–H and O–H groups in total. The van der Waals surface area contributed by atoms with Gasteiger partial charge in [-0.1, -0.05) is 11.6 Å². The van der Waals surface area contributed by atoms with E-state index < -0.39 is 0 Å².